The standard InChI is InChI=1S/C13H15BrN4O3/c1-8-4-9(14)6-18-7-10(17-12(8)18)5-16-13(21)15-3-2-11(19)20/h4,6-7H,2-3,5H2,1H3,(H,19,20)(H2,15,16,21). The van der Waals surface area contributed by atoms with E-state index in [9.17, 15) is 9.59 Å². The summed E-state index contributed by atoms with van der Waals surface area (Å²) in [6.07, 6.45) is 3.63. The van der Waals surface area contributed by atoms with E-state index in [4.69, 9.17) is 5.11 Å². The molecule has 2 rings (SSSR count). The first-order valence-corrected chi connectivity index (χ1v) is 7.12. The number of hydrogen-bond donors (Lipinski definition) is 3. The maximum Gasteiger partial charge on any atom is 0.315 e. The monoisotopic (exact) mass is 354 g/mol. The van der Waals surface area contributed by atoms with Crippen LogP contribution in [0.4, 0.5) is 4.79 Å². The summed E-state index contributed by atoms with van der Waals surface area (Å²) >= 11 is 3.42. The molecule has 0 saturated heterocycles. The number of carboxylic acid groups (broad SMARTS) is 1. The maximum absolute atomic E-state index is 11.5. The van der Waals surface area contributed by atoms with Crippen LogP contribution in [0.3, 0.4) is 0 Å². The molecule has 0 saturated carbocycles. The Labute approximate surface area is 129 Å². The fraction of sp³-hybridized carbons (Fsp3) is 0.308. The predicted octanol–water partition coefficient (Wildman–Crippen LogP) is 1.68. The van der Waals surface area contributed by atoms with Crippen molar-refractivity contribution in [3.63, 3.8) is 0 Å². The van der Waals surface area contributed by atoms with Crippen LogP contribution in [-0.2, 0) is 11.3 Å². The van der Waals surface area contributed by atoms with Gasteiger partial charge < -0.3 is 20.1 Å². The van der Waals surface area contributed by atoms with Crippen LogP contribution in [0.25, 0.3) is 5.65 Å². The van der Waals surface area contributed by atoms with Crippen LogP contribution in [0.5, 0.6) is 0 Å². The van der Waals surface area contributed by atoms with Crippen molar-refractivity contribution in [2.75, 3.05) is 6.54 Å². The molecular weight excluding hydrogens is 340 g/mol. The molecule has 2 aromatic heterocycles. The number of aromatic nitrogens is 2. The highest BCUT2D eigenvalue weighted by Crippen LogP contribution is 2.17. The number of imidazole rings is 1. The topological polar surface area (TPSA) is 95.7 Å². The van der Waals surface area contributed by atoms with Gasteiger partial charge in [0.25, 0.3) is 0 Å². The van der Waals surface area contributed by atoms with Gasteiger partial charge in [0, 0.05) is 23.4 Å². The Morgan fingerprint density at radius 2 is 2.14 bits per heavy atom. The number of aryl methyl sites for hydroxylation is 1. The van der Waals surface area contributed by atoms with E-state index in [0.29, 0.717) is 0 Å². The third-order valence-electron chi connectivity index (χ3n) is 2.81. The number of hydrogen-bond acceptors (Lipinski definition) is 3. The number of halogens is 1. The van der Waals surface area contributed by atoms with Crippen molar-refractivity contribution in [2.24, 2.45) is 0 Å². The van der Waals surface area contributed by atoms with Gasteiger partial charge in [-0.05, 0) is 34.5 Å². The van der Waals surface area contributed by atoms with Gasteiger partial charge in [-0.3, -0.25) is 4.79 Å². The van der Waals surface area contributed by atoms with Crippen molar-refractivity contribution in [2.45, 2.75) is 19.9 Å². The number of nitrogens with one attached hydrogen (secondary N) is 2. The average Bonchev–Trinajstić information content (AvgIpc) is 2.79. The van der Waals surface area contributed by atoms with Crippen LogP contribution < -0.4 is 10.6 Å². The van der Waals surface area contributed by atoms with Crippen LogP contribution in [0.1, 0.15) is 17.7 Å². The second-order valence-electron chi connectivity index (χ2n) is 4.56. The zero-order valence-corrected chi connectivity index (χ0v) is 13.0. The summed E-state index contributed by atoms with van der Waals surface area (Å²) < 4.78 is 2.84. The quantitative estimate of drug-likeness (QED) is 0.760. The number of amides is 2. The highest BCUT2D eigenvalue weighted by molar-refractivity contribution is 9.10. The van der Waals surface area contributed by atoms with Gasteiger partial charge in [0.2, 0.25) is 0 Å². The molecule has 2 aromatic rings. The number of urea groups is 1. The van der Waals surface area contributed by atoms with E-state index in [0.717, 1.165) is 21.4 Å². The Morgan fingerprint density at radius 3 is 2.86 bits per heavy atom. The third kappa shape index (κ3) is 4.19. The first-order chi connectivity index (χ1) is 9.95. The molecule has 0 aliphatic rings. The summed E-state index contributed by atoms with van der Waals surface area (Å²) in [5.41, 5.74) is 2.59. The van der Waals surface area contributed by atoms with Crippen molar-refractivity contribution < 1.29 is 14.7 Å². The summed E-state index contributed by atoms with van der Waals surface area (Å²) in [4.78, 5) is 26.2. The van der Waals surface area contributed by atoms with Crippen LogP contribution in [0, 0.1) is 6.92 Å². The Hall–Kier alpha value is -2.09. The normalized spacial score (nSPS) is 10.6. The van der Waals surface area contributed by atoms with Gasteiger partial charge in [0.15, 0.2) is 0 Å². The van der Waals surface area contributed by atoms with Crippen molar-refractivity contribution in [1.82, 2.24) is 20.0 Å². The Morgan fingerprint density at radius 1 is 1.38 bits per heavy atom. The molecule has 2 amide bonds. The van der Waals surface area contributed by atoms with Gasteiger partial charge in [0.05, 0.1) is 18.7 Å². The number of pyridine rings is 1. The summed E-state index contributed by atoms with van der Waals surface area (Å²) in [6, 6.07) is 1.56. The van der Waals surface area contributed by atoms with E-state index < -0.39 is 12.0 Å². The molecule has 0 unspecified atom stereocenters. The molecule has 0 fully saturated rings. The van der Waals surface area contributed by atoms with E-state index in [2.05, 4.69) is 31.5 Å². The van der Waals surface area contributed by atoms with Gasteiger partial charge in [0.1, 0.15) is 5.65 Å². The minimum absolute atomic E-state index is 0.0956. The molecule has 0 aliphatic carbocycles. The van der Waals surface area contributed by atoms with Crippen LogP contribution in [0.2, 0.25) is 0 Å². The lowest BCUT2D eigenvalue weighted by molar-refractivity contribution is -0.136. The predicted molar refractivity (Wildman–Crippen MR) is 80.1 cm³/mol. The SMILES string of the molecule is Cc1cc(Br)cn2cc(CNC(=O)NCCC(=O)O)nc12. The van der Waals surface area contributed by atoms with Gasteiger partial charge in [-0.2, -0.15) is 0 Å². The molecule has 0 atom stereocenters. The second-order valence-corrected chi connectivity index (χ2v) is 5.47. The Balaban J connectivity index is 1.93. The first kappa shape index (κ1) is 15.3. The fourth-order valence-corrected chi connectivity index (χ4v) is 2.44. The third-order valence-corrected chi connectivity index (χ3v) is 3.24. The minimum atomic E-state index is -0.947. The fourth-order valence-electron chi connectivity index (χ4n) is 1.88. The molecule has 0 aliphatic heterocycles. The number of carbonyl (C=O) groups excluding carboxylic acids is 1. The highest BCUT2D eigenvalue weighted by Gasteiger charge is 2.07. The van der Waals surface area contributed by atoms with Crippen molar-refractivity contribution in [1.29, 1.82) is 0 Å². The lowest BCUT2D eigenvalue weighted by Crippen LogP contribution is -2.36. The minimum Gasteiger partial charge on any atom is -0.481 e. The van der Waals surface area contributed by atoms with Crippen LogP contribution >= 0.6 is 15.9 Å². The molecule has 112 valence electrons. The zero-order valence-electron chi connectivity index (χ0n) is 11.4. The smallest absolute Gasteiger partial charge is 0.315 e. The number of rotatable bonds is 5. The van der Waals surface area contributed by atoms with Crippen LogP contribution in [-0.4, -0.2) is 33.0 Å². The van der Waals surface area contributed by atoms with Crippen molar-refractivity contribution in [3.8, 4) is 0 Å². The van der Waals surface area contributed by atoms with E-state index in [1.165, 1.54) is 0 Å². The lowest BCUT2D eigenvalue weighted by atomic mass is 10.3. The maximum atomic E-state index is 11.5. The number of nitrogens with zero attached hydrogens (tertiary/aromatic N) is 2. The molecule has 7 nitrogen and oxygen atoms in total. The van der Waals surface area contributed by atoms with E-state index >= 15 is 0 Å². The van der Waals surface area contributed by atoms with Gasteiger partial charge in [-0.15, -0.1) is 0 Å². The van der Waals surface area contributed by atoms with Gasteiger partial charge in [-0.1, -0.05) is 0 Å². The lowest BCUT2D eigenvalue weighted by Gasteiger charge is -2.04. The number of carbonyl (C=O) groups is 2. The average molecular weight is 355 g/mol. The molecule has 0 radical (unpaired) electrons. The zero-order chi connectivity index (χ0) is 15.4. The summed E-state index contributed by atoms with van der Waals surface area (Å²) in [5, 5.41) is 13.6. The van der Waals surface area contributed by atoms with Gasteiger partial charge >= 0.3 is 12.0 Å². The molecule has 0 spiro atoms. The Kier molecular flexibility index (Phi) is 4.79. The van der Waals surface area contributed by atoms with Crippen molar-refractivity contribution >= 4 is 33.6 Å². The molecular formula is C13H15BrN4O3. The molecule has 8 heteroatoms. The number of aliphatic carboxylic acids is 1. The van der Waals surface area contributed by atoms with Crippen molar-refractivity contribution in [3.05, 3.63) is 34.2 Å². The van der Waals surface area contributed by atoms with Crippen LogP contribution in [0.15, 0.2) is 22.9 Å². The van der Waals surface area contributed by atoms with E-state index in [-0.39, 0.29) is 19.5 Å². The van der Waals surface area contributed by atoms with E-state index in [1.807, 2.05) is 29.8 Å². The largest absolute Gasteiger partial charge is 0.481 e. The molecule has 21 heavy (non-hydrogen) atoms. The molecule has 2 heterocycles. The summed E-state index contributed by atoms with van der Waals surface area (Å²) in [6.45, 7) is 2.33. The molecule has 0 aromatic carbocycles. The summed E-state index contributed by atoms with van der Waals surface area (Å²) in [7, 11) is 0. The number of carboxylic acids is 1. The molecule has 3 N–H and O–H groups in total. The highest BCUT2D eigenvalue weighted by atomic mass is 79.9. The first-order valence-electron chi connectivity index (χ1n) is 6.33. The Bertz CT molecular complexity index is 683. The summed E-state index contributed by atoms with van der Waals surface area (Å²) in [5.74, 6) is -0.947. The van der Waals surface area contributed by atoms with Gasteiger partial charge in [-0.25, -0.2) is 9.78 Å². The second kappa shape index (κ2) is 6.57. The van der Waals surface area contributed by atoms with E-state index in [1.54, 1.807) is 0 Å². The number of fused-ring (bicyclic) bond motifs is 1. The molecule has 0 bridgehead atoms.